The minimum Gasteiger partial charge on any atom is -0.358 e. The van der Waals surface area contributed by atoms with Crippen molar-refractivity contribution < 1.29 is 9.72 Å². The van der Waals surface area contributed by atoms with E-state index in [1.165, 1.54) is 4.68 Å². The Morgan fingerprint density at radius 2 is 1.96 bits per heavy atom. The molecule has 1 N–H and O–H groups in total. The minimum absolute atomic E-state index is 0.125. The summed E-state index contributed by atoms with van der Waals surface area (Å²) in [4.78, 5) is 22.8. The van der Waals surface area contributed by atoms with Crippen LogP contribution in [0.2, 0.25) is 0 Å². The molecule has 9 nitrogen and oxygen atoms in total. The molecule has 0 atom stereocenters. The van der Waals surface area contributed by atoms with Crippen LogP contribution < -0.4 is 5.32 Å². The van der Waals surface area contributed by atoms with Crippen LogP contribution >= 0.6 is 15.9 Å². The molecule has 0 radical (unpaired) electrons. The van der Waals surface area contributed by atoms with Crippen LogP contribution in [0, 0.1) is 30.9 Å². The summed E-state index contributed by atoms with van der Waals surface area (Å²) < 4.78 is 3.48. The number of anilines is 1. The largest absolute Gasteiger partial charge is 0.404 e. The van der Waals surface area contributed by atoms with Crippen LogP contribution in [0.1, 0.15) is 22.6 Å². The molecule has 3 aromatic rings. The van der Waals surface area contributed by atoms with Crippen molar-refractivity contribution in [3.63, 3.8) is 0 Å². The first-order chi connectivity index (χ1) is 13.2. The maximum Gasteiger partial charge on any atom is 0.404 e. The molecule has 0 bridgehead atoms. The molecule has 0 fully saturated rings. The molecule has 0 aliphatic heterocycles. The number of amides is 1. The molecule has 0 spiro atoms. The van der Waals surface area contributed by atoms with E-state index in [-0.39, 0.29) is 22.7 Å². The zero-order valence-electron chi connectivity index (χ0n) is 15.6. The number of aromatic nitrogens is 4. The molecule has 0 saturated carbocycles. The highest BCUT2D eigenvalue weighted by molar-refractivity contribution is 9.10. The molecular weight excluding hydrogens is 428 g/mol. The summed E-state index contributed by atoms with van der Waals surface area (Å²) in [5, 5.41) is 22.1. The second kappa shape index (κ2) is 7.93. The smallest absolute Gasteiger partial charge is 0.358 e. The highest BCUT2D eigenvalue weighted by atomic mass is 79.9. The third-order valence-electron chi connectivity index (χ3n) is 4.23. The molecule has 2 aromatic heterocycles. The third-order valence-corrected chi connectivity index (χ3v) is 5.16. The molecule has 2 heterocycles. The lowest BCUT2D eigenvalue weighted by atomic mass is 10.2. The van der Waals surface area contributed by atoms with Gasteiger partial charge in [-0.2, -0.15) is 9.78 Å². The second-order valence-corrected chi connectivity index (χ2v) is 7.26. The van der Waals surface area contributed by atoms with Crippen LogP contribution in [0.3, 0.4) is 0 Å². The highest BCUT2D eigenvalue weighted by Gasteiger charge is 2.24. The maximum absolute atomic E-state index is 12.4. The SMILES string of the molecule is Cc1cc(C)n(Cc2cccc(NC(=O)Cn3nc([N+](=O)[O-])c(Br)c3C)c2)n1. The van der Waals surface area contributed by atoms with E-state index in [9.17, 15) is 14.9 Å². The van der Waals surface area contributed by atoms with Crippen molar-refractivity contribution in [1.29, 1.82) is 0 Å². The van der Waals surface area contributed by atoms with Crippen LogP contribution in [0.4, 0.5) is 11.5 Å². The zero-order valence-corrected chi connectivity index (χ0v) is 17.2. The Labute approximate surface area is 169 Å². The van der Waals surface area contributed by atoms with Gasteiger partial charge in [0, 0.05) is 11.4 Å². The second-order valence-electron chi connectivity index (χ2n) is 6.47. The molecule has 1 aromatic carbocycles. The van der Waals surface area contributed by atoms with Gasteiger partial charge in [0.05, 0.1) is 23.0 Å². The fourth-order valence-corrected chi connectivity index (χ4v) is 3.30. The normalized spacial score (nSPS) is 10.9. The van der Waals surface area contributed by atoms with E-state index in [2.05, 4.69) is 31.4 Å². The van der Waals surface area contributed by atoms with Gasteiger partial charge in [-0.25, -0.2) is 0 Å². The Bertz CT molecular complexity index is 1060. The quantitative estimate of drug-likeness (QED) is 0.461. The van der Waals surface area contributed by atoms with Gasteiger partial charge in [-0.15, -0.1) is 0 Å². The molecule has 0 aliphatic rings. The summed E-state index contributed by atoms with van der Waals surface area (Å²) in [6, 6.07) is 9.50. The molecular formula is C18H19BrN6O3. The molecule has 0 saturated heterocycles. The van der Waals surface area contributed by atoms with Crippen LogP contribution in [0.5, 0.6) is 0 Å². The molecule has 1 amide bonds. The van der Waals surface area contributed by atoms with E-state index in [1.54, 1.807) is 13.0 Å². The Hall–Kier alpha value is -3.01. The van der Waals surface area contributed by atoms with E-state index in [1.807, 2.05) is 42.8 Å². The number of hydrogen-bond donors (Lipinski definition) is 1. The van der Waals surface area contributed by atoms with Gasteiger partial charge in [-0.3, -0.25) is 9.48 Å². The van der Waals surface area contributed by atoms with Crippen LogP contribution in [0.25, 0.3) is 0 Å². The first kappa shape index (κ1) is 19.7. The highest BCUT2D eigenvalue weighted by Crippen LogP contribution is 2.26. The Morgan fingerprint density at radius 3 is 2.57 bits per heavy atom. The summed E-state index contributed by atoms with van der Waals surface area (Å²) in [6.45, 7) is 6.07. The van der Waals surface area contributed by atoms with E-state index in [0.29, 0.717) is 17.9 Å². The van der Waals surface area contributed by atoms with Gasteiger partial charge in [0.1, 0.15) is 11.0 Å². The number of nitrogens with one attached hydrogen (secondary N) is 1. The van der Waals surface area contributed by atoms with Crippen molar-refractivity contribution in [2.45, 2.75) is 33.9 Å². The molecule has 0 unspecified atom stereocenters. The van der Waals surface area contributed by atoms with Crippen molar-refractivity contribution in [1.82, 2.24) is 19.6 Å². The topological polar surface area (TPSA) is 108 Å². The molecule has 146 valence electrons. The van der Waals surface area contributed by atoms with Crippen LogP contribution in [-0.2, 0) is 17.9 Å². The average molecular weight is 447 g/mol. The lowest BCUT2D eigenvalue weighted by Crippen LogP contribution is -2.20. The lowest BCUT2D eigenvalue weighted by Gasteiger charge is -2.09. The fourth-order valence-electron chi connectivity index (χ4n) is 2.87. The number of rotatable bonds is 6. The number of nitrogens with zero attached hydrogens (tertiary/aromatic N) is 5. The lowest BCUT2D eigenvalue weighted by molar-refractivity contribution is -0.390. The first-order valence-electron chi connectivity index (χ1n) is 8.51. The third kappa shape index (κ3) is 4.28. The Kier molecular flexibility index (Phi) is 5.59. The first-order valence-corrected chi connectivity index (χ1v) is 9.31. The number of halogens is 1. The van der Waals surface area contributed by atoms with Gasteiger partial charge < -0.3 is 15.4 Å². The molecule has 0 aliphatic carbocycles. The van der Waals surface area contributed by atoms with Crippen molar-refractivity contribution in [2.24, 2.45) is 0 Å². The predicted molar refractivity (Wildman–Crippen MR) is 107 cm³/mol. The summed E-state index contributed by atoms with van der Waals surface area (Å²) in [7, 11) is 0. The van der Waals surface area contributed by atoms with E-state index < -0.39 is 4.92 Å². The standard InChI is InChI=1S/C18H19BrN6O3/c1-11-7-12(2)23(21-11)9-14-5-4-6-15(8-14)20-16(26)10-24-13(3)17(19)18(22-24)25(27)28/h4-8H,9-10H2,1-3H3,(H,20,26). The molecule has 10 heteroatoms. The van der Waals surface area contributed by atoms with Crippen molar-refractivity contribution in [3.8, 4) is 0 Å². The zero-order chi connectivity index (χ0) is 20.4. The van der Waals surface area contributed by atoms with Gasteiger partial charge in [0.15, 0.2) is 0 Å². The molecule has 28 heavy (non-hydrogen) atoms. The van der Waals surface area contributed by atoms with Crippen molar-refractivity contribution in [2.75, 3.05) is 5.32 Å². The van der Waals surface area contributed by atoms with Gasteiger partial charge in [-0.1, -0.05) is 12.1 Å². The van der Waals surface area contributed by atoms with Crippen LogP contribution in [0.15, 0.2) is 34.8 Å². The monoisotopic (exact) mass is 446 g/mol. The average Bonchev–Trinajstić information content (AvgIpc) is 3.08. The van der Waals surface area contributed by atoms with E-state index in [4.69, 9.17) is 0 Å². The number of carbonyl (C=O) groups excluding carboxylic acids is 1. The number of hydrogen-bond acceptors (Lipinski definition) is 5. The van der Waals surface area contributed by atoms with E-state index in [0.717, 1.165) is 17.0 Å². The van der Waals surface area contributed by atoms with Gasteiger partial charge in [-0.05, 0) is 65.4 Å². The van der Waals surface area contributed by atoms with E-state index >= 15 is 0 Å². The number of aryl methyl sites for hydroxylation is 2. The minimum atomic E-state index is -0.589. The number of nitro groups is 1. The number of benzene rings is 1. The summed E-state index contributed by atoms with van der Waals surface area (Å²) >= 11 is 3.14. The van der Waals surface area contributed by atoms with Gasteiger partial charge in [0.25, 0.3) is 0 Å². The Balaban J connectivity index is 1.70. The van der Waals surface area contributed by atoms with Crippen molar-refractivity contribution >= 4 is 33.3 Å². The molecule has 3 rings (SSSR count). The summed E-state index contributed by atoms with van der Waals surface area (Å²) in [5.41, 5.74) is 4.17. The maximum atomic E-state index is 12.4. The summed E-state index contributed by atoms with van der Waals surface area (Å²) in [5.74, 6) is -0.631. The predicted octanol–water partition coefficient (Wildman–Crippen LogP) is 3.36. The van der Waals surface area contributed by atoms with Gasteiger partial charge >= 0.3 is 5.82 Å². The van der Waals surface area contributed by atoms with Gasteiger partial charge in [0.2, 0.25) is 5.91 Å². The fraction of sp³-hybridized carbons (Fsp3) is 0.278. The number of carbonyl (C=O) groups is 1. The van der Waals surface area contributed by atoms with Crippen LogP contribution in [-0.4, -0.2) is 30.4 Å². The van der Waals surface area contributed by atoms with Crippen molar-refractivity contribution in [3.05, 3.63) is 67.6 Å². The summed E-state index contributed by atoms with van der Waals surface area (Å²) in [6.07, 6.45) is 0. The Morgan fingerprint density at radius 1 is 1.21 bits per heavy atom.